The van der Waals surface area contributed by atoms with Crippen molar-refractivity contribution in [1.82, 2.24) is 0 Å². The molecule has 1 atom stereocenters. The first kappa shape index (κ1) is 5.83. The topological polar surface area (TPSA) is 9.23 Å². The second kappa shape index (κ2) is 2.31. The van der Waals surface area contributed by atoms with Crippen LogP contribution in [0.4, 0.5) is 0 Å². The van der Waals surface area contributed by atoms with E-state index in [4.69, 9.17) is 4.74 Å². The Morgan fingerprint density at radius 3 is 2.75 bits per heavy atom. The first-order chi connectivity index (χ1) is 3.84. The van der Waals surface area contributed by atoms with Crippen molar-refractivity contribution in [3.8, 4) is 0 Å². The number of ether oxygens (including phenoxy) is 1. The molecule has 1 fully saturated rings. The normalized spacial score (nSPS) is 34.2. The molecule has 46 valence electrons. The monoisotopic (exact) mass is 112 g/mol. The summed E-state index contributed by atoms with van der Waals surface area (Å²) in [6.45, 7) is 5.09. The lowest BCUT2D eigenvalue weighted by Gasteiger charge is -2.00. The second-order valence-electron chi connectivity index (χ2n) is 2.13. The molecule has 1 aliphatic rings. The van der Waals surface area contributed by atoms with Crippen LogP contribution in [0.2, 0.25) is 0 Å². The van der Waals surface area contributed by atoms with E-state index in [1.807, 2.05) is 0 Å². The number of rotatable bonds is 0. The third-order valence-electron chi connectivity index (χ3n) is 1.65. The lowest BCUT2D eigenvalue weighted by molar-refractivity contribution is 0.137. The minimum Gasteiger partial charge on any atom is -0.374 e. The van der Waals surface area contributed by atoms with E-state index in [0.29, 0.717) is 6.10 Å². The van der Waals surface area contributed by atoms with Crippen LogP contribution in [0.1, 0.15) is 20.3 Å². The van der Waals surface area contributed by atoms with Crippen molar-refractivity contribution in [1.29, 1.82) is 0 Å². The molecule has 0 aromatic heterocycles. The van der Waals surface area contributed by atoms with E-state index >= 15 is 0 Å². The summed E-state index contributed by atoms with van der Waals surface area (Å²) in [6, 6.07) is 0. The van der Waals surface area contributed by atoms with Crippen LogP contribution in [0, 0.1) is 0 Å². The van der Waals surface area contributed by atoms with Gasteiger partial charge in [0.25, 0.3) is 0 Å². The summed E-state index contributed by atoms with van der Waals surface area (Å²) in [5.41, 5.74) is 1.45. The SMILES string of the molecule is CC=C1CCOC1C. The summed E-state index contributed by atoms with van der Waals surface area (Å²) in [5, 5.41) is 0. The zero-order valence-electron chi connectivity index (χ0n) is 5.48. The lowest BCUT2D eigenvalue weighted by atomic mass is 10.1. The maximum atomic E-state index is 5.29. The standard InChI is InChI=1S/C7H12O/c1-3-7-4-5-8-6(7)2/h3,6H,4-5H2,1-2H3. The Bertz CT molecular complexity index is 105. The molecule has 1 aliphatic heterocycles. The first-order valence-corrected chi connectivity index (χ1v) is 3.11. The number of allylic oxidation sites excluding steroid dienone is 1. The molecule has 1 heterocycles. The Balaban J connectivity index is 2.55. The van der Waals surface area contributed by atoms with Gasteiger partial charge in [-0.3, -0.25) is 0 Å². The minimum absolute atomic E-state index is 0.389. The highest BCUT2D eigenvalue weighted by Gasteiger charge is 2.14. The smallest absolute Gasteiger partial charge is 0.0757 e. The second-order valence-corrected chi connectivity index (χ2v) is 2.13. The van der Waals surface area contributed by atoms with Gasteiger partial charge in [-0.1, -0.05) is 6.08 Å². The van der Waals surface area contributed by atoms with E-state index < -0.39 is 0 Å². The van der Waals surface area contributed by atoms with Crippen molar-refractivity contribution in [2.24, 2.45) is 0 Å². The highest BCUT2D eigenvalue weighted by molar-refractivity contribution is 5.08. The van der Waals surface area contributed by atoms with Gasteiger partial charge < -0.3 is 4.74 Å². The van der Waals surface area contributed by atoms with E-state index in [-0.39, 0.29) is 0 Å². The fraction of sp³-hybridized carbons (Fsp3) is 0.714. The maximum Gasteiger partial charge on any atom is 0.0757 e. The van der Waals surface area contributed by atoms with Crippen LogP contribution in [-0.4, -0.2) is 12.7 Å². The van der Waals surface area contributed by atoms with Crippen LogP contribution < -0.4 is 0 Å². The number of hydrogen-bond donors (Lipinski definition) is 0. The molecule has 0 aromatic rings. The van der Waals surface area contributed by atoms with Gasteiger partial charge in [-0.15, -0.1) is 0 Å². The van der Waals surface area contributed by atoms with Crippen LogP contribution in [-0.2, 0) is 4.74 Å². The molecule has 8 heavy (non-hydrogen) atoms. The molecule has 0 N–H and O–H groups in total. The molecule has 0 radical (unpaired) electrons. The van der Waals surface area contributed by atoms with E-state index in [1.165, 1.54) is 5.57 Å². The van der Waals surface area contributed by atoms with Gasteiger partial charge in [0.15, 0.2) is 0 Å². The quantitative estimate of drug-likeness (QED) is 0.434. The summed E-state index contributed by atoms with van der Waals surface area (Å²) in [5.74, 6) is 0. The average Bonchev–Trinajstić information content (AvgIpc) is 2.14. The van der Waals surface area contributed by atoms with E-state index in [9.17, 15) is 0 Å². The molecule has 1 saturated heterocycles. The summed E-state index contributed by atoms with van der Waals surface area (Å²) in [4.78, 5) is 0. The van der Waals surface area contributed by atoms with Gasteiger partial charge in [-0.25, -0.2) is 0 Å². The molecule has 0 bridgehead atoms. The molecule has 0 spiro atoms. The summed E-state index contributed by atoms with van der Waals surface area (Å²) in [6.07, 6.45) is 3.68. The van der Waals surface area contributed by atoms with E-state index in [0.717, 1.165) is 13.0 Å². The largest absolute Gasteiger partial charge is 0.374 e. The van der Waals surface area contributed by atoms with Crippen LogP contribution in [0.15, 0.2) is 11.6 Å². The van der Waals surface area contributed by atoms with Crippen molar-refractivity contribution in [2.45, 2.75) is 26.4 Å². The molecule has 0 amide bonds. The van der Waals surface area contributed by atoms with Crippen molar-refractivity contribution < 1.29 is 4.74 Å². The van der Waals surface area contributed by atoms with Crippen molar-refractivity contribution >= 4 is 0 Å². The van der Waals surface area contributed by atoms with Crippen molar-refractivity contribution in [2.75, 3.05) is 6.61 Å². The molecular formula is C7H12O. The molecule has 1 nitrogen and oxygen atoms in total. The van der Waals surface area contributed by atoms with Gasteiger partial charge in [0, 0.05) is 0 Å². The minimum atomic E-state index is 0.389. The van der Waals surface area contributed by atoms with Crippen LogP contribution in [0.25, 0.3) is 0 Å². The van der Waals surface area contributed by atoms with Crippen LogP contribution >= 0.6 is 0 Å². The molecule has 1 unspecified atom stereocenters. The van der Waals surface area contributed by atoms with Crippen molar-refractivity contribution in [3.05, 3.63) is 11.6 Å². The highest BCUT2D eigenvalue weighted by atomic mass is 16.5. The lowest BCUT2D eigenvalue weighted by Crippen LogP contribution is -1.98. The molecule has 1 heteroatoms. The van der Waals surface area contributed by atoms with Gasteiger partial charge in [-0.05, 0) is 25.8 Å². The average molecular weight is 112 g/mol. The summed E-state index contributed by atoms with van der Waals surface area (Å²) >= 11 is 0. The third-order valence-corrected chi connectivity index (χ3v) is 1.65. The van der Waals surface area contributed by atoms with E-state index in [2.05, 4.69) is 19.9 Å². The zero-order valence-corrected chi connectivity index (χ0v) is 5.48. The molecule has 0 aromatic carbocycles. The Morgan fingerprint density at radius 2 is 2.50 bits per heavy atom. The highest BCUT2D eigenvalue weighted by Crippen LogP contribution is 2.18. The number of hydrogen-bond acceptors (Lipinski definition) is 1. The van der Waals surface area contributed by atoms with E-state index in [1.54, 1.807) is 0 Å². The molecular weight excluding hydrogens is 100 g/mol. The van der Waals surface area contributed by atoms with Gasteiger partial charge in [0.2, 0.25) is 0 Å². The van der Waals surface area contributed by atoms with Gasteiger partial charge >= 0.3 is 0 Å². The predicted octanol–water partition coefficient (Wildman–Crippen LogP) is 1.74. The molecule has 0 aliphatic carbocycles. The fourth-order valence-corrected chi connectivity index (χ4v) is 1.04. The zero-order chi connectivity index (χ0) is 5.98. The third kappa shape index (κ3) is 0.920. The van der Waals surface area contributed by atoms with Crippen LogP contribution in [0.5, 0.6) is 0 Å². The Kier molecular flexibility index (Phi) is 1.69. The van der Waals surface area contributed by atoms with Gasteiger partial charge in [0.1, 0.15) is 0 Å². The molecule has 0 saturated carbocycles. The van der Waals surface area contributed by atoms with Gasteiger partial charge in [0.05, 0.1) is 12.7 Å². The first-order valence-electron chi connectivity index (χ1n) is 3.11. The Morgan fingerprint density at radius 1 is 1.75 bits per heavy atom. The Hall–Kier alpha value is -0.300. The maximum absolute atomic E-state index is 5.29. The fourth-order valence-electron chi connectivity index (χ4n) is 1.04. The van der Waals surface area contributed by atoms with Gasteiger partial charge in [-0.2, -0.15) is 0 Å². The van der Waals surface area contributed by atoms with Crippen molar-refractivity contribution in [3.63, 3.8) is 0 Å². The summed E-state index contributed by atoms with van der Waals surface area (Å²) < 4.78 is 5.29. The molecule has 1 rings (SSSR count). The Labute approximate surface area is 50.3 Å². The predicted molar refractivity (Wildman–Crippen MR) is 33.8 cm³/mol. The van der Waals surface area contributed by atoms with Crippen LogP contribution in [0.3, 0.4) is 0 Å². The summed E-state index contributed by atoms with van der Waals surface area (Å²) in [7, 11) is 0.